The number of carbonyl (C=O) groups is 1. The van der Waals surface area contributed by atoms with Gasteiger partial charge in [-0.05, 0) is 42.0 Å². The molecule has 3 nitrogen and oxygen atoms in total. The van der Waals surface area contributed by atoms with Crippen LogP contribution in [0.15, 0.2) is 48.5 Å². The van der Waals surface area contributed by atoms with Crippen LogP contribution in [0.3, 0.4) is 0 Å². The summed E-state index contributed by atoms with van der Waals surface area (Å²) in [6, 6.07) is 15.8. The van der Waals surface area contributed by atoms with Gasteiger partial charge in [-0.1, -0.05) is 42.5 Å². The van der Waals surface area contributed by atoms with Crippen LogP contribution >= 0.6 is 0 Å². The molecule has 3 rings (SSSR count). The van der Waals surface area contributed by atoms with E-state index in [1.807, 2.05) is 30.1 Å². The summed E-state index contributed by atoms with van der Waals surface area (Å²) in [6.45, 7) is 0. The van der Waals surface area contributed by atoms with Gasteiger partial charge in [0, 0.05) is 13.5 Å². The fraction of sp³-hybridized carbons (Fsp3) is 0.316. The quantitative estimate of drug-likeness (QED) is 0.938. The van der Waals surface area contributed by atoms with Crippen molar-refractivity contribution in [2.75, 3.05) is 7.05 Å². The van der Waals surface area contributed by atoms with Crippen molar-refractivity contribution in [2.45, 2.75) is 31.7 Å². The second-order valence-corrected chi connectivity index (χ2v) is 5.89. The van der Waals surface area contributed by atoms with Gasteiger partial charge in [0.2, 0.25) is 5.91 Å². The summed E-state index contributed by atoms with van der Waals surface area (Å²) in [5.74, 6) is 0.397. The summed E-state index contributed by atoms with van der Waals surface area (Å²) in [5.41, 5.74) is 3.46. The molecule has 2 aromatic carbocycles. The van der Waals surface area contributed by atoms with Crippen LogP contribution in [-0.2, 0) is 17.6 Å². The fourth-order valence-corrected chi connectivity index (χ4v) is 3.25. The van der Waals surface area contributed by atoms with Crippen molar-refractivity contribution in [3.8, 4) is 5.75 Å². The number of carbonyl (C=O) groups excluding carboxylic acids is 1. The minimum absolute atomic E-state index is 0.130. The Hall–Kier alpha value is -2.29. The average molecular weight is 295 g/mol. The van der Waals surface area contributed by atoms with E-state index in [1.54, 1.807) is 12.1 Å². The van der Waals surface area contributed by atoms with Gasteiger partial charge in [0.05, 0.1) is 6.04 Å². The summed E-state index contributed by atoms with van der Waals surface area (Å²) < 4.78 is 0. The maximum Gasteiger partial charge on any atom is 0.223 e. The molecule has 0 aromatic heterocycles. The Morgan fingerprint density at radius 3 is 2.73 bits per heavy atom. The molecule has 1 unspecified atom stereocenters. The van der Waals surface area contributed by atoms with Crippen molar-refractivity contribution >= 4 is 5.91 Å². The number of nitrogens with zero attached hydrogens (tertiary/aromatic N) is 1. The molecule has 1 aliphatic rings. The first-order chi connectivity index (χ1) is 10.7. The lowest BCUT2D eigenvalue weighted by Gasteiger charge is -2.25. The summed E-state index contributed by atoms with van der Waals surface area (Å²) in [5, 5.41) is 9.78. The maximum atomic E-state index is 12.5. The van der Waals surface area contributed by atoms with Gasteiger partial charge < -0.3 is 10.0 Å². The van der Waals surface area contributed by atoms with E-state index in [0.717, 1.165) is 18.4 Å². The third-order valence-corrected chi connectivity index (χ3v) is 4.56. The van der Waals surface area contributed by atoms with Gasteiger partial charge in [-0.25, -0.2) is 0 Å². The average Bonchev–Trinajstić information content (AvgIpc) is 2.97. The zero-order chi connectivity index (χ0) is 15.5. The number of para-hydroxylation sites is 1. The summed E-state index contributed by atoms with van der Waals surface area (Å²) in [6.07, 6.45) is 3.03. The number of phenolic OH excluding ortho intramolecular Hbond substituents is 1. The highest BCUT2D eigenvalue weighted by molar-refractivity contribution is 5.77. The second-order valence-electron chi connectivity index (χ2n) is 5.89. The molecule has 1 amide bonds. The number of benzene rings is 2. The minimum atomic E-state index is 0.130. The van der Waals surface area contributed by atoms with Crippen LogP contribution in [0.4, 0.5) is 0 Å². The minimum Gasteiger partial charge on any atom is -0.508 e. The van der Waals surface area contributed by atoms with Crippen molar-refractivity contribution < 1.29 is 9.90 Å². The molecule has 0 saturated carbocycles. The highest BCUT2D eigenvalue weighted by atomic mass is 16.3. The Kier molecular flexibility index (Phi) is 4.14. The first kappa shape index (κ1) is 14.6. The third-order valence-electron chi connectivity index (χ3n) is 4.56. The van der Waals surface area contributed by atoms with Crippen molar-refractivity contribution in [3.05, 3.63) is 65.2 Å². The topological polar surface area (TPSA) is 40.5 Å². The molecule has 0 bridgehead atoms. The zero-order valence-corrected chi connectivity index (χ0v) is 12.8. The van der Waals surface area contributed by atoms with Gasteiger partial charge in [-0.2, -0.15) is 0 Å². The monoisotopic (exact) mass is 295 g/mol. The lowest BCUT2D eigenvalue weighted by molar-refractivity contribution is -0.132. The van der Waals surface area contributed by atoms with E-state index < -0.39 is 0 Å². The largest absolute Gasteiger partial charge is 0.508 e. The van der Waals surface area contributed by atoms with Gasteiger partial charge in [0.1, 0.15) is 5.75 Å². The molecular weight excluding hydrogens is 274 g/mol. The van der Waals surface area contributed by atoms with Crippen LogP contribution in [-0.4, -0.2) is 23.0 Å². The standard InChI is InChI=1S/C19H21NO2/c1-20(17-12-10-14-6-2-4-8-16(14)17)19(22)13-11-15-7-3-5-9-18(15)21/h2-9,17,21H,10-13H2,1H3. The molecule has 0 fully saturated rings. The SMILES string of the molecule is CN(C(=O)CCc1ccccc1O)C1CCc2ccccc21. The van der Waals surface area contributed by atoms with Crippen LogP contribution in [0.5, 0.6) is 5.75 Å². The number of aromatic hydroxyl groups is 1. The molecular formula is C19H21NO2. The molecule has 0 spiro atoms. The van der Waals surface area contributed by atoms with Crippen LogP contribution < -0.4 is 0 Å². The number of rotatable bonds is 4. The zero-order valence-electron chi connectivity index (χ0n) is 12.8. The number of phenols is 1. The predicted octanol–water partition coefficient (Wildman–Crippen LogP) is 3.47. The molecule has 1 N–H and O–H groups in total. The number of amides is 1. The Bertz CT molecular complexity index is 681. The molecule has 0 radical (unpaired) electrons. The van der Waals surface area contributed by atoms with Crippen molar-refractivity contribution in [1.29, 1.82) is 0 Å². The van der Waals surface area contributed by atoms with Crippen molar-refractivity contribution in [1.82, 2.24) is 4.90 Å². The molecule has 114 valence electrons. The maximum absolute atomic E-state index is 12.5. The normalized spacial score (nSPS) is 16.3. The lowest BCUT2D eigenvalue weighted by Crippen LogP contribution is -2.30. The fourth-order valence-electron chi connectivity index (χ4n) is 3.25. The van der Waals surface area contributed by atoms with E-state index in [2.05, 4.69) is 18.2 Å². The Morgan fingerprint density at radius 2 is 1.91 bits per heavy atom. The van der Waals surface area contributed by atoms with E-state index in [-0.39, 0.29) is 17.7 Å². The van der Waals surface area contributed by atoms with E-state index in [1.165, 1.54) is 11.1 Å². The van der Waals surface area contributed by atoms with Crippen LogP contribution in [0.2, 0.25) is 0 Å². The number of hydrogen-bond donors (Lipinski definition) is 1. The first-order valence-corrected chi connectivity index (χ1v) is 7.77. The summed E-state index contributed by atoms with van der Waals surface area (Å²) in [4.78, 5) is 14.3. The summed E-state index contributed by atoms with van der Waals surface area (Å²) >= 11 is 0. The Balaban J connectivity index is 1.65. The molecule has 0 heterocycles. The predicted molar refractivity (Wildman–Crippen MR) is 86.7 cm³/mol. The third kappa shape index (κ3) is 2.84. The van der Waals surface area contributed by atoms with Crippen molar-refractivity contribution in [2.24, 2.45) is 0 Å². The van der Waals surface area contributed by atoms with Crippen LogP contribution in [0.1, 0.15) is 35.6 Å². The Morgan fingerprint density at radius 1 is 1.18 bits per heavy atom. The molecule has 0 saturated heterocycles. The van der Waals surface area contributed by atoms with Gasteiger partial charge in [-0.3, -0.25) is 4.79 Å². The highest BCUT2D eigenvalue weighted by Gasteiger charge is 2.27. The van der Waals surface area contributed by atoms with Gasteiger partial charge >= 0.3 is 0 Å². The van der Waals surface area contributed by atoms with Crippen LogP contribution in [0, 0.1) is 0 Å². The van der Waals surface area contributed by atoms with Crippen molar-refractivity contribution in [3.63, 3.8) is 0 Å². The molecule has 22 heavy (non-hydrogen) atoms. The van der Waals surface area contributed by atoms with Gasteiger partial charge in [0.25, 0.3) is 0 Å². The number of fused-ring (bicyclic) bond motifs is 1. The lowest BCUT2D eigenvalue weighted by atomic mass is 10.1. The van der Waals surface area contributed by atoms with Crippen LogP contribution in [0.25, 0.3) is 0 Å². The number of aryl methyl sites for hydroxylation is 2. The smallest absolute Gasteiger partial charge is 0.223 e. The van der Waals surface area contributed by atoms with Gasteiger partial charge in [-0.15, -0.1) is 0 Å². The molecule has 1 atom stereocenters. The first-order valence-electron chi connectivity index (χ1n) is 7.77. The molecule has 2 aromatic rings. The second kappa shape index (κ2) is 6.22. The Labute approximate surface area is 131 Å². The number of hydrogen-bond acceptors (Lipinski definition) is 2. The van der Waals surface area contributed by atoms with Gasteiger partial charge in [0.15, 0.2) is 0 Å². The van der Waals surface area contributed by atoms with E-state index in [4.69, 9.17) is 0 Å². The van der Waals surface area contributed by atoms with E-state index in [0.29, 0.717) is 12.8 Å². The van der Waals surface area contributed by atoms with E-state index in [9.17, 15) is 9.90 Å². The molecule has 0 aliphatic heterocycles. The summed E-state index contributed by atoms with van der Waals surface area (Å²) in [7, 11) is 1.89. The molecule has 1 aliphatic carbocycles. The highest BCUT2D eigenvalue weighted by Crippen LogP contribution is 2.35. The molecule has 3 heteroatoms. The van der Waals surface area contributed by atoms with E-state index >= 15 is 0 Å².